The number of nitrogens with zero attached hydrogens (tertiary/aromatic N) is 2. The summed E-state index contributed by atoms with van der Waals surface area (Å²) in [6.07, 6.45) is 9.41. The summed E-state index contributed by atoms with van der Waals surface area (Å²) in [4.78, 5) is 40.5. The van der Waals surface area contributed by atoms with Crippen LogP contribution in [0.15, 0.2) is 11.6 Å². The van der Waals surface area contributed by atoms with Gasteiger partial charge in [0.25, 0.3) is 0 Å². The van der Waals surface area contributed by atoms with Gasteiger partial charge in [-0.05, 0) is 38.5 Å². The first-order chi connectivity index (χ1) is 13.1. The lowest BCUT2D eigenvalue weighted by Gasteiger charge is -2.37. The monoisotopic (exact) mass is 377 g/mol. The molecule has 0 radical (unpaired) electrons. The highest BCUT2D eigenvalue weighted by Crippen LogP contribution is 2.17. The summed E-state index contributed by atoms with van der Waals surface area (Å²) in [5.74, 6) is -0.0805. The van der Waals surface area contributed by atoms with Gasteiger partial charge in [-0.15, -0.1) is 0 Å². The minimum atomic E-state index is -0.258. The molecule has 3 aliphatic rings. The maximum absolute atomic E-state index is 12.7. The molecular weight excluding hydrogens is 346 g/mol. The fraction of sp³-hybridized carbons (Fsp3) is 0.750. The topological polar surface area (TPSA) is 79.0 Å². The highest BCUT2D eigenvalue weighted by molar-refractivity contribution is 5.86. The minimum absolute atomic E-state index is 0.0520. The van der Waals surface area contributed by atoms with E-state index in [0.717, 1.165) is 25.7 Å². The van der Waals surface area contributed by atoms with E-state index in [0.29, 0.717) is 39.3 Å². The van der Waals surface area contributed by atoms with E-state index in [2.05, 4.69) is 11.4 Å². The zero-order valence-corrected chi connectivity index (χ0v) is 16.1. The standard InChI is InChI=1S/C20H31N3O4/c24-18(21-13-16-6-2-1-3-7-16)12-17-15-27-11-10-23(17)20(26)14-22-9-5-4-8-19(22)25/h6,17H,1-5,7-15H2,(H,21,24)/t17-/m0/s1. The summed E-state index contributed by atoms with van der Waals surface area (Å²) in [6, 6.07) is -0.258. The van der Waals surface area contributed by atoms with Crippen molar-refractivity contribution in [3.63, 3.8) is 0 Å². The first-order valence-electron chi connectivity index (χ1n) is 10.2. The molecule has 27 heavy (non-hydrogen) atoms. The molecule has 0 bridgehead atoms. The molecule has 0 unspecified atom stereocenters. The molecule has 1 N–H and O–H groups in total. The molecule has 0 aromatic carbocycles. The average molecular weight is 377 g/mol. The molecule has 0 aromatic heterocycles. The van der Waals surface area contributed by atoms with E-state index in [1.807, 2.05) is 0 Å². The molecule has 3 amide bonds. The molecule has 2 fully saturated rings. The van der Waals surface area contributed by atoms with Crippen molar-refractivity contribution < 1.29 is 19.1 Å². The number of rotatable bonds is 6. The fourth-order valence-corrected chi connectivity index (χ4v) is 4.00. The Hall–Kier alpha value is -1.89. The molecule has 3 rings (SSSR count). The van der Waals surface area contributed by atoms with Crippen molar-refractivity contribution in [1.29, 1.82) is 0 Å². The number of ether oxygens (including phenoxy) is 1. The van der Waals surface area contributed by atoms with Crippen LogP contribution in [0.1, 0.15) is 51.4 Å². The molecule has 7 heteroatoms. The van der Waals surface area contributed by atoms with Crippen LogP contribution in [0.3, 0.4) is 0 Å². The van der Waals surface area contributed by atoms with E-state index in [9.17, 15) is 14.4 Å². The second-order valence-electron chi connectivity index (χ2n) is 7.68. The van der Waals surface area contributed by atoms with Crippen molar-refractivity contribution >= 4 is 17.7 Å². The van der Waals surface area contributed by atoms with E-state index >= 15 is 0 Å². The van der Waals surface area contributed by atoms with E-state index < -0.39 is 0 Å². The molecule has 1 aliphatic carbocycles. The summed E-state index contributed by atoms with van der Waals surface area (Å²) in [7, 11) is 0. The Balaban J connectivity index is 1.49. The van der Waals surface area contributed by atoms with Crippen LogP contribution in [0.25, 0.3) is 0 Å². The Morgan fingerprint density at radius 2 is 2.00 bits per heavy atom. The number of morpholine rings is 1. The third-order valence-corrected chi connectivity index (χ3v) is 5.61. The van der Waals surface area contributed by atoms with Crippen LogP contribution in [0, 0.1) is 0 Å². The van der Waals surface area contributed by atoms with Gasteiger partial charge in [0.1, 0.15) is 0 Å². The van der Waals surface area contributed by atoms with Crippen molar-refractivity contribution in [3.05, 3.63) is 11.6 Å². The molecular formula is C20H31N3O4. The number of piperidine rings is 1. The normalized spacial score (nSPS) is 23.8. The van der Waals surface area contributed by atoms with Gasteiger partial charge in [-0.2, -0.15) is 0 Å². The fourth-order valence-electron chi connectivity index (χ4n) is 4.00. The molecule has 0 saturated carbocycles. The number of carbonyl (C=O) groups excluding carboxylic acids is 3. The van der Waals surface area contributed by atoms with Crippen LogP contribution in [0.2, 0.25) is 0 Å². The van der Waals surface area contributed by atoms with E-state index in [1.165, 1.54) is 18.4 Å². The van der Waals surface area contributed by atoms with E-state index in [1.54, 1.807) is 9.80 Å². The summed E-state index contributed by atoms with van der Waals surface area (Å²) < 4.78 is 5.50. The quantitative estimate of drug-likeness (QED) is 0.706. The minimum Gasteiger partial charge on any atom is -0.377 e. The maximum Gasteiger partial charge on any atom is 0.242 e. The van der Waals surface area contributed by atoms with Crippen LogP contribution in [0.4, 0.5) is 0 Å². The zero-order valence-electron chi connectivity index (χ0n) is 16.1. The van der Waals surface area contributed by atoms with Gasteiger partial charge in [0.05, 0.1) is 25.8 Å². The van der Waals surface area contributed by atoms with Gasteiger partial charge in [-0.25, -0.2) is 0 Å². The Labute approximate surface area is 161 Å². The van der Waals surface area contributed by atoms with Crippen molar-refractivity contribution in [2.75, 3.05) is 39.4 Å². The van der Waals surface area contributed by atoms with Crippen LogP contribution in [-0.2, 0) is 19.1 Å². The van der Waals surface area contributed by atoms with Gasteiger partial charge in [0.15, 0.2) is 0 Å². The number of hydrogen-bond acceptors (Lipinski definition) is 4. The zero-order chi connectivity index (χ0) is 19.1. The smallest absolute Gasteiger partial charge is 0.242 e. The van der Waals surface area contributed by atoms with Crippen LogP contribution < -0.4 is 5.32 Å². The van der Waals surface area contributed by atoms with Gasteiger partial charge in [0.2, 0.25) is 17.7 Å². The molecule has 7 nitrogen and oxygen atoms in total. The van der Waals surface area contributed by atoms with Gasteiger partial charge in [-0.1, -0.05) is 11.6 Å². The highest BCUT2D eigenvalue weighted by Gasteiger charge is 2.31. The molecule has 150 valence electrons. The number of likely N-dealkylation sites (tertiary alicyclic amines) is 1. The first-order valence-corrected chi connectivity index (χ1v) is 10.2. The van der Waals surface area contributed by atoms with Gasteiger partial charge < -0.3 is 19.9 Å². The third-order valence-electron chi connectivity index (χ3n) is 5.61. The van der Waals surface area contributed by atoms with E-state index in [-0.39, 0.29) is 36.7 Å². The Bertz CT molecular complexity index is 590. The SMILES string of the molecule is O=C(C[C@H]1COCCN1C(=O)CN1CCCCC1=O)NCC1=CCCCC1. The summed E-state index contributed by atoms with van der Waals surface area (Å²) in [5, 5.41) is 2.98. The number of carbonyl (C=O) groups is 3. The third kappa shape index (κ3) is 5.79. The second-order valence-corrected chi connectivity index (χ2v) is 7.68. The average Bonchev–Trinajstić information content (AvgIpc) is 2.69. The predicted octanol–water partition coefficient (Wildman–Crippen LogP) is 1.23. The largest absolute Gasteiger partial charge is 0.377 e. The van der Waals surface area contributed by atoms with Crippen LogP contribution >= 0.6 is 0 Å². The highest BCUT2D eigenvalue weighted by atomic mass is 16.5. The Morgan fingerprint density at radius 3 is 2.78 bits per heavy atom. The Kier molecular flexibility index (Phi) is 7.26. The molecule has 2 aliphatic heterocycles. The lowest BCUT2D eigenvalue weighted by atomic mass is 9.99. The first kappa shape index (κ1) is 19.9. The summed E-state index contributed by atoms with van der Waals surface area (Å²) in [6.45, 7) is 2.69. The number of amides is 3. The van der Waals surface area contributed by atoms with Gasteiger partial charge in [-0.3, -0.25) is 14.4 Å². The maximum atomic E-state index is 12.7. The van der Waals surface area contributed by atoms with Crippen LogP contribution in [0.5, 0.6) is 0 Å². The summed E-state index contributed by atoms with van der Waals surface area (Å²) in [5.41, 5.74) is 1.30. The Morgan fingerprint density at radius 1 is 1.15 bits per heavy atom. The lowest BCUT2D eigenvalue weighted by molar-refractivity contribution is -0.148. The van der Waals surface area contributed by atoms with Crippen molar-refractivity contribution in [2.24, 2.45) is 0 Å². The van der Waals surface area contributed by atoms with E-state index in [4.69, 9.17) is 4.74 Å². The summed E-state index contributed by atoms with van der Waals surface area (Å²) >= 11 is 0. The van der Waals surface area contributed by atoms with Gasteiger partial charge >= 0.3 is 0 Å². The molecule has 0 aromatic rings. The number of hydrogen-bond donors (Lipinski definition) is 1. The molecule has 0 spiro atoms. The second kappa shape index (κ2) is 9.88. The predicted molar refractivity (Wildman–Crippen MR) is 101 cm³/mol. The molecule has 1 atom stereocenters. The van der Waals surface area contributed by atoms with Crippen molar-refractivity contribution in [1.82, 2.24) is 15.1 Å². The van der Waals surface area contributed by atoms with Crippen molar-refractivity contribution in [3.8, 4) is 0 Å². The van der Waals surface area contributed by atoms with Crippen molar-refractivity contribution in [2.45, 2.75) is 57.4 Å². The lowest BCUT2D eigenvalue weighted by Crippen LogP contribution is -2.54. The number of nitrogens with one attached hydrogen (secondary N) is 1. The van der Waals surface area contributed by atoms with Crippen LogP contribution in [-0.4, -0.2) is 73.0 Å². The van der Waals surface area contributed by atoms with Gasteiger partial charge in [0, 0.05) is 32.5 Å². The molecule has 2 saturated heterocycles. The molecule has 2 heterocycles. The number of allylic oxidation sites excluding steroid dienone is 1.